The van der Waals surface area contributed by atoms with Gasteiger partial charge < -0.3 is 15.2 Å². The molecular formula is C29H35N3O7S. The Kier molecular flexibility index (Phi) is 10.4. The van der Waals surface area contributed by atoms with Crippen molar-refractivity contribution >= 4 is 21.6 Å². The van der Waals surface area contributed by atoms with E-state index >= 15 is 0 Å². The van der Waals surface area contributed by atoms with Gasteiger partial charge in [-0.2, -0.15) is 4.31 Å². The molecule has 0 aliphatic carbocycles. The summed E-state index contributed by atoms with van der Waals surface area (Å²) in [7, 11) is -2.51. The number of ether oxygens (including phenoxy) is 1. The molecule has 3 rings (SSSR count). The SMILES string of the molecule is COc1ccc(S(=O)(=O)N(CC(C)C)C[C@@H](O)[C@H](Cc2ccccc2)NC(=O)c2cccc([N+](=O)[O-])c2C)cc1. The van der Waals surface area contributed by atoms with Gasteiger partial charge in [0.1, 0.15) is 5.75 Å². The van der Waals surface area contributed by atoms with Gasteiger partial charge in [0.05, 0.1) is 29.1 Å². The fourth-order valence-corrected chi connectivity index (χ4v) is 6.00. The number of aliphatic hydroxyl groups excluding tert-OH is 1. The number of nitrogens with one attached hydrogen (secondary N) is 1. The number of hydrogen-bond acceptors (Lipinski definition) is 7. The summed E-state index contributed by atoms with van der Waals surface area (Å²) in [6.07, 6.45) is -1.09. The molecule has 10 nitrogen and oxygen atoms in total. The summed E-state index contributed by atoms with van der Waals surface area (Å²) in [5.74, 6) is -0.138. The average Bonchev–Trinajstić information content (AvgIpc) is 2.92. The van der Waals surface area contributed by atoms with Gasteiger partial charge in [0.2, 0.25) is 10.0 Å². The van der Waals surface area contributed by atoms with Crippen LogP contribution in [0.2, 0.25) is 0 Å². The highest BCUT2D eigenvalue weighted by atomic mass is 32.2. The third-order valence-electron chi connectivity index (χ3n) is 6.48. The van der Waals surface area contributed by atoms with Crippen molar-refractivity contribution in [3.8, 4) is 5.75 Å². The predicted octanol–water partition coefficient (Wildman–Crippen LogP) is 3.96. The van der Waals surface area contributed by atoms with E-state index in [1.54, 1.807) is 12.1 Å². The number of benzene rings is 3. The summed E-state index contributed by atoms with van der Waals surface area (Å²) < 4.78 is 33.5. The van der Waals surface area contributed by atoms with Crippen molar-refractivity contribution < 1.29 is 28.0 Å². The molecule has 0 saturated carbocycles. The quantitative estimate of drug-likeness (QED) is 0.235. The summed E-state index contributed by atoms with van der Waals surface area (Å²) in [5, 5.41) is 25.6. The molecule has 0 fully saturated rings. The Bertz CT molecular complexity index is 1410. The van der Waals surface area contributed by atoms with Gasteiger partial charge in [0, 0.05) is 30.3 Å². The molecule has 1 amide bonds. The Balaban J connectivity index is 1.93. The van der Waals surface area contributed by atoms with Gasteiger partial charge in [-0.3, -0.25) is 14.9 Å². The second kappa shape index (κ2) is 13.5. The maximum Gasteiger partial charge on any atom is 0.273 e. The highest BCUT2D eigenvalue weighted by Crippen LogP contribution is 2.23. The van der Waals surface area contributed by atoms with E-state index in [0.29, 0.717) is 5.75 Å². The lowest BCUT2D eigenvalue weighted by molar-refractivity contribution is -0.385. The zero-order valence-electron chi connectivity index (χ0n) is 23.0. The molecule has 3 aromatic rings. The van der Waals surface area contributed by atoms with Crippen LogP contribution in [0.4, 0.5) is 5.69 Å². The van der Waals surface area contributed by atoms with Gasteiger partial charge in [-0.1, -0.05) is 50.2 Å². The number of nitro benzene ring substituents is 1. The van der Waals surface area contributed by atoms with E-state index in [1.807, 2.05) is 44.2 Å². The highest BCUT2D eigenvalue weighted by Gasteiger charge is 2.32. The highest BCUT2D eigenvalue weighted by molar-refractivity contribution is 7.89. The van der Waals surface area contributed by atoms with E-state index in [1.165, 1.54) is 48.7 Å². The molecular weight excluding hydrogens is 534 g/mol. The van der Waals surface area contributed by atoms with Crippen LogP contribution in [-0.4, -0.2) is 61.0 Å². The summed E-state index contributed by atoms with van der Waals surface area (Å²) >= 11 is 0. The molecule has 214 valence electrons. The molecule has 0 radical (unpaired) electrons. The standard InChI is InChI=1S/C29H35N3O7S/c1-20(2)18-31(40(37,38)24-15-13-23(39-4)14-16-24)19-28(33)26(17-22-9-6-5-7-10-22)30-29(34)25-11-8-12-27(21(25)3)32(35)36/h5-16,20,26,28,33H,17-19H2,1-4H3,(H,30,34)/t26-,28+/m0/s1. The van der Waals surface area contributed by atoms with Gasteiger partial charge in [0.15, 0.2) is 0 Å². The molecule has 11 heteroatoms. The number of nitrogens with zero attached hydrogens (tertiary/aromatic N) is 2. The number of amides is 1. The van der Waals surface area contributed by atoms with Gasteiger partial charge in [-0.05, 0) is 55.2 Å². The molecule has 40 heavy (non-hydrogen) atoms. The van der Waals surface area contributed by atoms with E-state index in [2.05, 4.69) is 5.32 Å². The minimum atomic E-state index is -3.99. The lowest BCUT2D eigenvalue weighted by Gasteiger charge is -2.31. The first-order chi connectivity index (χ1) is 18.9. The van der Waals surface area contributed by atoms with Crippen LogP contribution in [0, 0.1) is 23.0 Å². The second-order valence-corrected chi connectivity index (χ2v) is 11.9. The zero-order chi connectivity index (χ0) is 29.4. The summed E-state index contributed by atoms with van der Waals surface area (Å²) in [4.78, 5) is 24.2. The fourth-order valence-electron chi connectivity index (χ4n) is 4.38. The number of carbonyl (C=O) groups is 1. The van der Waals surface area contributed by atoms with Gasteiger partial charge in [0.25, 0.3) is 11.6 Å². The first-order valence-corrected chi connectivity index (χ1v) is 14.3. The number of sulfonamides is 1. The molecule has 0 aliphatic heterocycles. The van der Waals surface area contributed by atoms with Crippen LogP contribution in [-0.2, 0) is 16.4 Å². The minimum Gasteiger partial charge on any atom is -0.497 e. The van der Waals surface area contributed by atoms with E-state index in [0.717, 1.165) is 5.56 Å². The van der Waals surface area contributed by atoms with Crippen molar-refractivity contribution in [2.75, 3.05) is 20.2 Å². The van der Waals surface area contributed by atoms with E-state index in [-0.39, 0.29) is 47.1 Å². The molecule has 3 aromatic carbocycles. The zero-order valence-corrected chi connectivity index (χ0v) is 23.8. The fraction of sp³-hybridized carbons (Fsp3) is 0.345. The molecule has 0 aromatic heterocycles. The van der Waals surface area contributed by atoms with E-state index in [4.69, 9.17) is 4.74 Å². The van der Waals surface area contributed by atoms with Crippen molar-refractivity contribution in [1.29, 1.82) is 0 Å². The number of nitro groups is 1. The normalized spacial score (nSPS) is 13.2. The monoisotopic (exact) mass is 569 g/mol. The summed E-state index contributed by atoms with van der Waals surface area (Å²) in [6.45, 7) is 5.09. The minimum absolute atomic E-state index is 0.0464. The number of methoxy groups -OCH3 is 1. The molecule has 0 unspecified atom stereocenters. The van der Waals surface area contributed by atoms with E-state index in [9.17, 15) is 28.4 Å². The Hall–Kier alpha value is -3.80. The number of hydrogen-bond donors (Lipinski definition) is 2. The third kappa shape index (κ3) is 7.65. The van der Waals surface area contributed by atoms with Crippen molar-refractivity contribution in [3.05, 3.63) is 99.6 Å². The first kappa shape index (κ1) is 30.7. The van der Waals surface area contributed by atoms with Crippen LogP contribution in [0.5, 0.6) is 5.75 Å². The maximum atomic E-state index is 13.6. The van der Waals surface area contributed by atoms with Crippen LogP contribution in [0.15, 0.2) is 77.7 Å². The predicted molar refractivity (Wildman–Crippen MR) is 152 cm³/mol. The molecule has 0 heterocycles. The van der Waals surface area contributed by atoms with Gasteiger partial charge in [-0.15, -0.1) is 0 Å². The third-order valence-corrected chi connectivity index (χ3v) is 8.33. The second-order valence-electron chi connectivity index (χ2n) is 9.94. The Labute approximate surface area is 234 Å². The lowest BCUT2D eigenvalue weighted by atomic mass is 9.99. The smallest absolute Gasteiger partial charge is 0.273 e. The molecule has 0 saturated heterocycles. The average molecular weight is 570 g/mol. The molecule has 0 aliphatic rings. The van der Waals surface area contributed by atoms with Gasteiger partial charge >= 0.3 is 0 Å². The summed E-state index contributed by atoms with van der Waals surface area (Å²) in [6, 6.07) is 18.5. The Morgan fingerprint density at radius 3 is 2.25 bits per heavy atom. The van der Waals surface area contributed by atoms with Crippen molar-refractivity contribution in [2.45, 2.75) is 44.2 Å². The largest absolute Gasteiger partial charge is 0.497 e. The van der Waals surface area contributed by atoms with E-state index < -0.39 is 33.0 Å². The Morgan fingerprint density at radius 2 is 1.68 bits per heavy atom. The lowest BCUT2D eigenvalue weighted by Crippen LogP contribution is -2.51. The Morgan fingerprint density at radius 1 is 1.02 bits per heavy atom. The van der Waals surface area contributed by atoms with Crippen molar-refractivity contribution in [3.63, 3.8) is 0 Å². The van der Waals surface area contributed by atoms with Crippen LogP contribution >= 0.6 is 0 Å². The molecule has 0 spiro atoms. The maximum absolute atomic E-state index is 13.6. The molecule has 0 bridgehead atoms. The topological polar surface area (TPSA) is 139 Å². The van der Waals surface area contributed by atoms with Gasteiger partial charge in [-0.25, -0.2) is 8.42 Å². The van der Waals surface area contributed by atoms with Crippen molar-refractivity contribution in [1.82, 2.24) is 9.62 Å². The van der Waals surface area contributed by atoms with Crippen LogP contribution < -0.4 is 10.1 Å². The molecule has 2 N–H and O–H groups in total. The molecule has 2 atom stereocenters. The number of rotatable bonds is 13. The van der Waals surface area contributed by atoms with Crippen LogP contribution in [0.3, 0.4) is 0 Å². The van der Waals surface area contributed by atoms with Crippen molar-refractivity contribution in [2.24, 2.45) is 5.92 Å². The van der Waals surface area contributed by atoms with Crippen LogP contribution in [0.1, 0.15) is 35.3 Å². The summed E-state index contributed by atoms with van der Waals surface area (Å²) in [5.41, 5.74) is 0.920. The number of carbonyl (C=O) groups excluding carboxylic acids is 1. The first-order valence-electron chi connectivity index (χ1n) is 12.8. The van der Waals surface area contributed by atoms with Crippen LogP contribution in [0.25, 0.3) is 0 Å². The number of aliphatic hydroxyl groups is 1.